The Morgan fingerprint density at radius 1 is 1.09 bits per heavy atom. The minimum absolute atomic E-state index is 0.00435. The topological polar surface area (TPSA) is 135 Å². The number of aromatic nitrogens is 2. The SMILES string of the molecule is COCCS(=O)(=O)Cc1ccc(Nc2cc3c(cn2)CCN(c2cnc4c(c2C)N(NC(=O)OC(C)(C)C)CCO4)C3)cc1. The van der Waals surface area contributed by atoms with E-state index in [9.17, 15) is 13.2 Å². The molecule has 12 nitrogen and oxygen atoms in total. The molecule has 2 aliphatic heterocycles. The van der Waals surface area contributed by atoms with Crippen LogP contribution in [-0.2, 0) is 38.0 Å². The average molecular weight is 625 g/mol. The second kappa shape index (κ2) is 12.9. The Bertz CT molecular complexity index is 1610. The van der Waals surface area contributed by atoms with Gasteiger partial charge in [-0.15, -0.1) is 0 Å². The quantitative estimate of drug-likeness (QED) is 0.353. The Labute approximate surface area is 258 Å². The Hall–Kier alpha value is -4.10. The molecule has 0 saturated carbocycles. The van der Waals surface area contributed by atoms with E-state index in [0.29, 0.717) is 31.4 Å². The normalized spacial score (nSPS) is 14.8. The van der Waals surface area contributed by atoms with E-state index in [1.807, 2.05) is 70.4 Å². The Morgan fingerprint density at radius 3 is 2.59 bits per heavy atom. The van der Waals surface area contributed by atoms with Gasteiger partial charge in [0, 0.05) is 37.6 Å². The summed E-state index contributed by atoms with van der Waals surface area (Å²) in [4.78, 5) is 24.0. The summed E-state index contributed by atoms with van der Waals surface area (Å²) in [6, 6.07) is 9.38. The van der Waals surface area contributed by atoms with Crippen molar-refractivity contribution in [1.29, 1.82) is 0 Å². The number of methoxy groups -OCH3 is 1. The van der Waals surface area contributed by atoms with E-state index >= 15 is 0 Å². The van der Waals surface area contributed by atoms with Crippen LogP contribution < -0.4 is 25.4 Å². The highest BCUT2D eigenvalue weighted by Gasteiger charge is 2.29. The van der Waals surface area contributed by atoms with E-state index in [2.05, 4.69) is 25.6 Å². The van der Waals surface area contributed by atoms with Gasteiger partial charge in [0.05, 0.1) is 36.5 Å². The molecule has 0 saturated heterocycles. The number of hydrogen-bond donors (Lipinski definition) is 2. The van der Waals surface area contributed by atoms with E-state index in [1.54, 1.807) is 5.01 Å². The first-order valence-electron chi connectivity index (χ1n) is 14.6. The second-order valence-corrected chi connectivity index (χ2v) is 14.1. The van der Waals surface area contributed by atoms with Crippen LogP contribution in [0.1, 0.15) is 43.0 Å². The van der Waals surface area contributed by atoms with Gasteiger partial charge in [0.2, 0.25) is 5.88 Å². The van der Waals surface area contributed by atoms with Crippen LogP contribution in [0.5, 0.6) is 5.88 Å². The standard InChI is InChI=1S/C31H40N6O6S/c1-21-26(18-33-29-28(21)37(12-13-42-29)35-30(38)43-31(2,3)4)36-11-10-23-17-32-27(16-24(23)19-36)34-25-8-6-22(7-9-25)20-44(39,40)15-14-41-5/h6-9,16-18H,10-15,19-20H2,1-5H3,(H,32,34)(H,35,38). The Balaban J connectivity index is 1.29. The zero-order valence-corrected chi connectivity index (χ0v) is 26.7. The lowest BCUT2D eigenvalue weighted by molar-refractivity contribution is 0.0516. The maximum Gasteiger partial charge on any atom is 0.426 e. The van der Waals surface area contributed by atoms with Gasteiger partial charge in [-0.25, -0.2) is 28.6 Å². The molecule has 4 heterocycles. The maximum absolute atomic E-state index is 12.6. The van der Waals surface area contributed by atoms with Crippen LogP contribution in [0.4, 0.5) is 27.7 Å². The monoisotopic (exact) mass is 624 g/mol. The molecule has 0 radical (unpaired) electrons. The third kappa shape index (κ3) is 7.69. The van der Waals surface area contributed by atoms with Crippen LogP contribution >= 0.6 is 0 Å². The van der Waals surface area contributed by atoms with Crippen LogP contribution in [-0.4, -0.2) is 69.2 Å². The molecule has 1 amide bonds. The molecule has 0 bridgehead atoms. The van der Waals surface area contributed by atoms with Crippen molar-refractivity contribution in [3.63, 3.8) is 0 Å². The van der Waals surface area contributed by atoms with E-state index in [-0.39, 0.29) is 18.1 Å². The number of ether oxygens (including phenoxy) is 3. The average Bonchev–Trinajstić information content (AvgIpc) is 2.96. The number of carbonyl (C=O) groups is 1. The number of rotatable bonds is 9. The van der Waals surface area contributed by atoms with Crippen LogP contribution in [0.25, 0.3) is 0 Å². The van der Waals surface area contributed by atoms with Crippen molar-refractivity contribution in [3.8, 4) is 5.88 Å². The molecule has 2 aliphatic rings. The molecule has 0 aliphatic carbocycles. The van der Waals surface area contributed by atoms with Crippen molar-refractivity contribution < 1.29 is 27.4 Å². The second-order valence-electron chi connectivity index (χ2n) is 12.0. The summed E-state index contributed by atoms with van der Waals surface area (Å²) in [5, 5.41) is 5.09. The van der Waals surface area contributed by atoms with Gasteiger partial charge in [-0.1, -0.05) is 12.1 Å². The number of hydrogen-bond acceptors (Lipinski definition) is 11. The number of hydrazine groups is 1. The predicted octanol–water partition coefficient (Wildman–Crippen LogP) is 4.29. The maximum atomic E-state index is 12.6. The van der Waals surface area contributed by atoms with Gasteiger partial charge in [-0.2, -0.15) is 0 Å². The van der Waals surface area contributed by atoms with Gasteiger partial charge in [0.15, 0.2) is 9.84 Å². The number of fused-ring (bicyclic) bond motifs is 2. The van der Waals surface area contributed by atoms with Gasteiger partial charge in [0.1, 0.15) is 23.7 Å². The summed E-state index contributed by atoms with van der Waals surface area (Å²) in [5.74, 6) is 1.14. The minimum Gasteiger partial charge on any atom is -0.474 e. The molecule has 0 spiro atoms. The molecule has 3 aromatic rings. The summed E-state index contributed by atoms with van der Waals surface area (Å²) in [6.07, 6.45) is 4.02. The molecule has 236 valence electrons. The fourth-order valence-corrected chi connectivity index (χ4v) is 6.52. The molecule has 2 N–H and O–H groups in total. The molecular formula is C31H40N6O6S. The number of nitrogens with zero attached hydrogens (tertiary/aromatic N) is 4. The lowest BCUT2D eigenvalue weighted by Crippen LogP contribution is -2.49. The zero-order valence-electron chi connectivity index (χ0n) is 25.8. The number of nitrogens with one attached hydrogen (secondary N) is 2. The van der Waals surface area contributed by atoms with Crippen molar-refractivity contribution in [2.75, 3.05) is 54.4 Å². The fourth-order valence-electron chi connectivity index (χ4n) is 5.25. The summed E-state index contributed by atoms with van der Waals surface area (Å²) >= 11 is 0. The first kappa shape index (κ1) is 31.3. The van der Waals surface area contributed by atoms with Crippen molar-refractivity contribution in [2.24, 2.45) is 0 Å². The van der Waals surface area contributed by atoms with E-state index in [1.165, 1.54) is 12.7 Å². The number of benzene rings is 1. The third-order valence-corrected chi connectivity index (χ3v) is 8.90. The Kier molecular flexibility index (Phi) is 9.16. The molecule has 2 aromatic heterocycles. The van der Waals surface area contributed by atoms with Gasteiger partial charge in [-0.05, 0) is 69.0 Å². The van der Waals surface area contributed by atoms with Crippen LogP contribution in [0, 0.1) is 6.92 Å². The van der Waals surface area contributed by atoms with Gasteiger partial charge in [-0.3, -0.25) is 5.01 Å². The van der Waals surface area contributed by atoms with E-state index < -0.39 is 21.5 Å². The Morgan fingerprint density at radius 2 is 1.86 bits per heavy atom. The van der Waals surface area contributed by atoms with Crippen molar-refractivity contribution in [2.45, 2.75) is 52.0 Å². The highest BCUT2D eigenvalue weighted by atomic mass is 32.2. The number of amides is 1. The largest absolute Gasteiger partial charge is 0.474 e. The number of anilines is 4. The zero-order chi connectivity index (χ0) is 31.5. The lowest BCUT2D eigenvalue weighted by Gasteiger charge is -2.36. The van der Waals surface area contributed by atoms with Gasteiger partial charge >= 0.3 is 6.09 Å². The highest BCUT2D eigenvalue weighted by molar-refractivity contribution is 7.90. The minimum atomic E-state index is -3.23. The third-order valence-electron chi connectivity index (χ3n) is 7.34. The molecule has 0 unspecified atom stereocenters. The number of sulfone groups is 1. The van der Waals surface area contributed by atoms with E-state index in [0.717, 1.165) is 46.7 Å². The lowest BCUT2D eigenvalue weighted by atomic mass is 10.0. The smallest absolute Gasteiger partial charge is 0.426 e. The number of pyridine rings is 2. The van der Waals surface area contributed by atoms with Gasteiger partial charge in [0.25, 0.3) is 0 Å². The highest BCUT2D eigenvalue weighted by Crippen LogP contribution is 2.39. The molecule has 5 rings (SSSR count). The molecule has 1 aromatic carbocycles. The summed E-state index contributed by atoms with van der Waals surface area (Å²) < 4.78 is 40.7. The molecule has 13 heteroatoms. The van der Waals surface area contributed by atoms with Crippen LogP contribution in [0.2, 0.25) is 0 Å². The van der Waals surface area contributed by atoms with Crippen molar-refractivity contribution in [1.82, 2.24) is 15.4 Å². The first-order chi connectivity index (χ1) is 20.9. The number of carbonyl (C=O) groups excluding carboxylic acids is 1. The van der Waals surface area contributed by atoms with Crippen molar-refractivity contribution in [3.05, 3.63) is 65.0 Å². The van der Waals surface area contributed by atoms with Crippen molar-refractivity contribution >= 4 is 38.8 Å². The predicted molar refractivity (Wildman–Crippen MR) is 169 cm³/mol. The molecule has 44 heavy (non-hydrogen) atoms. The van der Waals surface area contributed by atoms with Crippen LogP contribution in [0.15, 0.2) is 42.7 Å². The fraction of sp³-hybridized carbons (Fsp3) is 0.452. The molecule has 0 fully saturated rings. The summed E-state index contributed by atoms with van der Waals surface area (Å²) in [6.45, 7) is 9.98. The molecule has 0 atom stereocenters. The molecular weight excluding hydrogens is 584 g/mol. The first-order valence-corrected chi connectivity index (χ1v) is 16.4. The van der Waals surface area contributed by atoms with Gasteiger partial charge < -0.3 is 24.4 Å². The van der Waals surface area contributed by atoms with E-state index in [4.69, 9.17) is 14.2 Å². The summed E-state index contributed by atoms with van der Waals surface area (Å²) in [7, 11) is -1.74. The summed E-state index contributed by atoms with van der Waals surface area (Å²) in [5.41, 5.74) is 8.73. The van der Waals surface area contributed by atoms with Crippen LogP contribution in [0.3, 0.4) is 0 Å².